The van der Waals surface area contributed by atoms with Crippen molar-refractivity contribution in [2.24, 2.45) is 0 Å². The molecule has 2 atom stereocenters. The maximum Gasteiger partial charge on any atom is 0.231 e. The largest absolute Gasteiger partial charge is 0.339 e. The highest BCUT2D eigenvalue weighted by Crippen LogP contribution is 2.33. The SMILES string of the molecule is CNC1CCCC1c1nc(Cc2ccccc2Br)no1. The second kappa shape index (κ2) is 6.06. The molecule has 1 aromatic carbocycles. The summed E-state index contributed by atoms with van der Waals surface area (Å²) in [7, 11) is 2.00. The first-order chi connectivity index (χ1) is 9.78. The molecular weight excluding hydrogens is 318 g/mol. The Labute approximate surface area is 127 Å². The zero-order valence-corrected chi connectivity index (χ0v) is 13.1. The molecule has 0 bridgehead atoms. The van der Waals surface area contributed by atoms with Gasteiger partial charge in [0.2, 0.25) is 5.89 Å². The molecule has 3 rings (SSSR count). The average Bonchev–Trinajstić information content (AvgIpc) is 3.09. The second-order valence-electron chi connectivity index (χ2n) is 5.25. The molecule has 106 valence electrons. The molecule has 1 saturated carbocycles. The molecule has 2 aromatic rings. The molecule has 1 fully saturated rings. The van der Waals surface area contributed by atoms with Crippen LogP contribution in [-0.2, 0) is 6.42 Å². The highest BCUT2D eigenvalue weighted by atomic mass is 79.9. The van der Waals surface area contributed by atoms with E-state index in [1.54, 1.807) is 0 Å². The lowest BCUT2D eigenvalue weighted by atomic mass is 10.0. The first-order valence-corrected chi connectivity index (χ1v) is 7.80. The summed E-state index contributed by atoms with van der Waals surface area (Å²) in [6.07, 6.45) is 4.23. The zero-order chi connectivity index (χ0) is 13.9. The minimum absolute atomic E-state index is 0.362. The Hall–Kier alpha value is -1.20. The number of nitrogens with one attached hydrogen (secondary N) is 1. The van der Waals surface area contributed by atoms with Gasteiger partial charge in [-0.2, -0.15) is 4.98 Å². The van der Waals surface area contributed by atoms with Crippen LogP contribution in [0.2, 0.25) is 0 Å². The van der Waals surface area contributed by atoms with Crippen molar-refractivity contribution in [2.45, 2.75) is 37.6 Å². The summed E-state index contributed by atoms with van der Waals surface area (Å²) < 4.78 is 6.56. The Kier molecular flexibility index (Phi) is 4.17. The Morgan fingerprint density at radius 1 is 1.35 bits per heavy atom. The molecule has 20 heavy (non-hydrogen) atoms. The molecular formula is C15H18BrN3O. The molecule has 1 aliphatic rings. The van der Waals surface area contributed by atoms with Gasteiger partial charge in [-0.05, 0) is 31.5 Å². The molecule has 0 aliphatic heterocycles. The predicted molar refractivity (Wildman–Crippen MR) is 80.7 cm³/mol. The maximum atomic E-state index is 5.48. The maximum absolute atomic E-state index is 5.48. The van der Waals surface area contributed by atoms with Crippen LogP contribution in [0.25, 0.3) is 0 Å². The van der Waals surface area contributed by atoms with Crippen LogP contribution in [-0.4, -0.2) is 23.2 Å². The minimum Gasteiger partial charge on any atom is -0.339 e. The summed E-state index contributed by atoms with van der Waals surface area (Å²) in [5.41, 5.74) is 1.18. The van der Waals surface area contributed by atoms with Crippen LogP contribution in [0.4, 0.5) is 0 Å². The molecule has 0 spiro atoms. The van der Waals surface area contributed by atoms with Crippen LogP contribution in [0.1, 0.15) is 42.5 Å². The van der Waals surface area contributed by atoms with Gasteiger partial charge in [0.05, 0.1) is 5.92 Å². The number of hydrogen-bond donors (Lipinski definition) is 1. The summed E-state index contributed by atoms with van der Waals surface area (Å²) >= 11 is 3.55. The number of aromatic nitrogens is 2. The third kappa shape index (κ3) is 2.79. The van der Waals surface area contributed by atoms with Gasteiger partial charge in [-0.25, -0.2) is 0 Å². The molecule has 0 amide bonds. The van der Waals surface area contributed by atoms with Gasteiger partial charge in [-0.3, -0.25) is 0 Å². The fourth-order valence-corrected chi connectivity index (χ4v) is 3.33. The van der Waals surface area contributed by atoms with E-state index in [2.05, 4.69) is 37.5 Å². The Morgan fingerprint density at radius 2 is 2.20 bits per heavy atom. The van der Waals surface area contributed by atoms with Crippen LogP contribution in [0.5, 0.6) is 0 Å². The van der Waals surface area contributed by atoms with E-state index in [9.17, 15) is 0 Å². The number of rotatable bonds is 4. The van der Waals surface area contributed by atoms with Crippen LogP contribution in [0.3, 0.4) is 0 Å². The van der Waals surface area contributed by atoms with Crippen molar-refractivity contribution >= 4 is 15.9 Å². The fourth-order valence-electron chi connectivity index (χ4n) is 2.90. The minimum atomic E-state index is 0.362. The number of benzene rings is 1. The average molecular weight is 336 g/mol. The third-order valence-electron chi connectivity index (χ3n) is 3.99. The topological polar surface area (TPSA) is 51.0 Å². The number of halogens is 1. The highest BCUT2D eigenvalue weighted by Gasteiger charge is 2.31. The van der Waals surface area contributed by atoms with E-state index in [-0.39, 0.29) is 0 Å². The van der Waals surface area contributed by atoms with E-state index < -0.39 is 0 Å². The van der Waals surface area contributed by atoms with Gasteiger partial charge in [0.25, 0.3) is 0 Å². The van der Waals surface area contributed by atoms with Crippen LogP contribution in [0.15, 0.2) is 33.3 Å². The van der Waals surface area contributed by atoms with Crippen molar-refractivity contribution in [3.05, 3.63) is 46.0 Å². The van der Waals surface area contributed by atoms with Gasteiger partial charge in [0, 0.05) is 16.9 Å². The fraction of sp³-hybridized carbons (Fsp3) is 0.467. The Bertz CT molecular complexity index is 584. The lowest BCUT2D eigenvalue weighted by molar-refractivity contribution is 0.332. The lowest BCUT2D eigenvalue weighted by Gasteiger charge is -2.14. The molecule has 2 unspecified atom stereocenters. The van der Waals surface area contributed by atoms with Gasteiger partial charge in [0.1, 0.15) is 0 Å². The van der Waals surface area contributed by atoms with Crippen molar-refractivity contribution in [3.63, 3.8) is 0 Å². The monoisotopic (exact) mass is 335 g/mol. The van der Waals surface area contributed by atoms with Crippen molar-refractivity contribution in [1.29, 1.82) is 0 Å². The van der Waals surface area contributed by atoms with Gasteiger partial charge in [-0.1, -0.05) is 45.7 Å². The molecule has 0 radical (unpaired) electrons. The van der Waals surface area contributed by atoms with E-state index in [0.717, 1.165) is 22.6 Å². The van der Waals surface area contributed by atoms with Crippen LogP contribution in [0, 0.1) is 0 Å². The standard InChI is InChI=1S/C15H18BrN3O/c1-17-13-8-4-6-11(13)15-18-14(19-20-15)9-10-5-2-3-7-12(10)16/h2-3,5,7,11,13,17H,4,6,8-9H2,1H3. The van der Waals surface area contributed by atoms with Crippen molar-refractivity contribution in [3.8, 4) is 0 Å². The van der Waals surface area contributed by atoms with E-state index in [4.69, 9.17) is 4.52 Å². The summed E-state index contributed by atoms with van der Waals surface area (Å²) in [5.74, 6) is 1.90. The first kappa shape index (κ1) is 13.8. The number of likely N-dealkylation sites (N-methyl/N-ethyl adjacent to an activating group) is 1. The lowest BCUT2D eigenvalue weighted by Crippen LogP contribution is -2.27. The molecule has 4 nitrogen and oxygen atoms in total. The summed E-state index contributed by atoms with van der Waals surface area (Å²) in [6.45, 7) is 0. The first-order valence-electron chi connectivity index (χ1n) is 7.01. The number of hydrogen-bond acceptors (Lipinski definition) is 4. The number of nitrogens with zero attached hydrogens (tertiary/aromatic N) is 2. The van der Waals surface area contributed by atoms with E-state index in [1.165, 1.54) is 18.4 Å². The predicted octanol–water partition coefficient (Wildman–Crippen LogP) is 3.28. The Morgan fingerprint density at radius 3 is 3.00 bits per heavy atom. The summed E-state index contributed by atoms with van der Waals surface area (Å²) in [4.78, 5) is 4.59. The zero-order valence-electron chi connectivity index (χ0n) is 11.5. The van der Waals surface area contributed by atoms with Gasteiger partial charge in [-0.15, -0.1) is 0 Å². The van der Waals surface area contributed by atoms with E-state index in [1.807, 2.05) is 25.2 Å². The quantitative estimate of drug-likeness (QED) is 0.931. The normalized spacial score (nSPS) is 22.3. The molecule has 1 N–H and O–H groups in total. The second-order valence-corrected chi connectivity index (χ2v) is 6.10. The molecule has 1 heterocycles. The van der Waals surface area contributed by atoms with Crippen LogP contribution < -0.4 is 5.32 Å². The van der Waals surface area contributed by atoms with E-state index in [0.29, 0.717) is 18.4 Å². The Balaban J connectivity index is 1.76. The smallest absolute Gasteiger partial charge is 0.231 e. The highest BCUT2D eigenvalue weighted by molar-refractivity contribution is 9.10. The molecule has 0 saturated heterocycles. The van der Waals surface area contributed by atoms with Crippen LogP contribution >= 0.6 is 15.9 Å². The van der Waals surface area contributed by atoms with E-state index >= 15 is 0 Å². The van der Waals surface area contributed by atoms with Gasteiger partial charge in [0.15, 0.2) is 5.82 Å². The molecule has 1 aliphatic carbocycles. The van der Waals surface area contributed by atoms with Crippen molar-refractivity contribution in [2.75, 3.05) is 7.05 Å². The van der Waals surface area contributed by atoms with Gasteiger partial charge >= 0.3 is 0 Å². The summed E-state index contributed by atoms with van der Waals surface area (Å²) in [5, 5.41) is 7.48. The third-order valence-corrected chi connectivity index (χ3v) is 4.77. The van der Waals surface area contributed by atoms with Crippen molar-refractivity contribution in [1.82, 2.24) is 15.5 Å². The van der Waals surface area contributed by atoms with Crippen molar-refractivity contribution < 1.29 is 4.52 Å². The molecule has 1 aromatic heterocycles. The van der Waals surface area contributed by atoms with Gasteiger partial charge < -0.3 is 9.84 Å². The molecule has 5 heteroatoms. The summed E-state index contributed by atoms with van der Waals surface area (Å²) in [6, 6.07) is 8.60.